The smallest absolute Gasteiger partial charge is 0.411 e. The largest absolute Gasteiger partial charge is 0.444 e. The van der Waals surface area contributed by atoms with Gasteiger partial charge in [-0.15, -0.1) is 5.54 Å². The third-order valence-electron chi connectivity index (χ3n) is 3.91. The third kappa shape index (κ3) is 5.83. The van der Waals surface area contributed by atoms with E-state index < -0.39 is 25.8 Å². The molecule has 0 bridgehead atoms. The molecule has 2 heterocycles. The number of aromatic nitrogens is 1. The average molecular weight is 388 g/mol. The summed E-state index contributed by atoms with van der Waals surface area (Å²) in [6, 6.07) is 3.11. The Morgan fingerprint density at radius 3 is 2.44 bits per heavy atom. The van der Waals surface area contributed by atoms with E-state index in [2.05, 4.69) is 36.1 Å². The minimum Gasteiger partial charge on any atom is -0.444 e. The Morgan fingerprint density at radius 1 is 1.26 bits per heavy atom. The Kier molecular flexibility index (Phi) is 6.00. The molecule has 7 heteroatoms. The summed E-state index contributed by atoms with van der Waals surface area (Å²) in [7, 11) is -1.46. The molecule has 27 heavy (non-hydrogen) atoms. The fourth-order valence-corrected chi connectivity index (χ4v) is 3.07. The van der Waals surface area contributed by atoms with Gasteiger partial charge >= 0.3 is 6.09 Å². The van der Waals surface area contributed by atoms with E-state index in [4.69, 9.17) is 4.74 Å². The van der Waals surface area contributed by atoms with Crippen LogP contribution in [0.3, 0.4) is 0 Å². The van der Waals surface area contributed by atoms with Crippen LogP contribution in [0.15, 0.2) is 18.3 Å². The van der Waals surface area contributed by atoms with Crippen molar-refractivity contribution in [2.45, 2.75) is 59.0 Å². The number of pyridine rings is 1. The summed E-state index contributed by atoms with van der Waals surface area (Å²) >= 11 is 0. The second-order valence-corrected chi connectivity index (χ2v) is 13.5. The van der Waals surface area contributed by atoms with Crippen LogP contribution in [-0.4, -0.2) is 54.7 Å². The zero-order valence-corrected chi connectivity index (χ0v) is 18.3. The molecule has 1 atom stereocenters. The fourth-order valence-electron chi connectivity index (χ4n) is 2.57. The lowest BCUT2D eigenvalue weighted by molar-refractivity contribution is -0.125. The summed E-state index contributed by atoms with van der Waals surface area (Å²) in [4.78, 5) is 32.6. The van der Waals surface area contributed by atoms with E-state index in [0.29, 0.717) is 24.5 Å². The Hall–Kier alpha value is -2.33. The number of hydrogen-bond donors (Lipinski definition) is 0. The van der Waals surface area contributed by atoms with Crippen molar-refractivity contribution in [2.75, 3.05) is 18.0 Å². The van der Waals surface area contributed by atoms with Gasteiger partial charge in [-0.1, -0.05) is 25.6 Å². The number of carbonyl (C=O) groups excluding carboxylic acids is 2. The van der Waals surface area contributed by atoms with Crippen molar-refractivity contribution in [1.29, 1.82) is 0 Å². The first-order chi connectivity index (χ1) is 12.4. The normalized spacial score (nSPS) is 18.0. The number of rotatable bonds is 1. The third-order valence-corrected chi connectivity index (χ3v) is 4.78. The summed E-state index contributed by atoms with van der Waals surface area (Å²) in [6.07, 6.45) is 1.21. The molecule has 6 nitrogen and oxygen atoms in total. The highest BCUT2D eigenvalue weighted by atomic mass is 28.3. The molecule has 1 fully saturated rings. The first-order valence-electron chi connectivity index (χ1n) is 9.18. The highest BCUT2D eigenvalue weighted by Crippen LogP contribution is 2.21. The predicted molar refractivity (Wildman–Crippen MR) is 109 cm³/mol. The Labute approximate surface area is 162 Å². The Morgan fingerprint density at radius 2 is 1.93 bits per heavy atom. The van der Waals surface area contributed by atoms with Crippen LogP contribution in [-0.2, 0) is 9.53 Å². The lowest BCUT2D eigenvalue weighted by Gasteiger charge is -2.39. The number of nitrogens with zero attached hydrogens (tertiary/aromatic N) is 3. The van der Waals surface area contributed by atoms with Crippen molar-refractivity contribution in [2.24, 2.45) is 0 Å². The van der Waals surface area contributed by atoms with Crippen LogP contribution < -0.4 is 4.90 Å². The van der Waals surface area contributed by atoms with Crippen molar-refractivity contribution < 1.29 is 14.3 Å². The first-order valence-corrected chi connectivity index (χ1v) is 12.7. The molecule has 1 aromatic heterocycles. The molecular formula is C20H29N3O3Si. The van der Waals surface area contributed by atoms with Crippen LogP contribution in [0.25, 0.3) is 0 Å². The number of carbonyl (C=O) groups is 2. The molecule has 0 N–H and O–H groups in total. The summed E-state index contributed by atoms with van der Waals surface area (Å²) in [5, 5.41) is 0. The van der Waals surface area contributed by atoms with E-state index in [1.165, 1.54) is 4.90 Å². The summed E-state index contributed by atoms with van der Waals surface area (Å²) in [5.41, 5.74) is 4.11. The molecule has 1 saturated heterocycles. The van der Waals surface area contributed by atoms with Crippen LogP contribution in [0.1, 0.15) is 33.4 Å². The zero-order valence-electron chi connectivity index (χ0n) is 17.3. The van der Waals surface area contributed by atoms with Gasteiger partial charge in [0.2, 0.25) is 5.91 Å². The second-order valence-electron chi connectivity index (χ2n) is 8.74. The molecule has 0 saturated carbocycles. The molecule has 0 radical (unpaired) electrons. The van der Waals surface area contributed by atoms with Crippen LogP contribution in [0.4, 0.5) is 10.5 Å². The number of piperazine rings is 1. The van der Waals surface area contributed by atoms with Crippen LogP contribution >= 0.6 is 0 Å². The molecule has 1 aliphatic heterocycles. The van der Waals surface area contributed by atoms with Gasteiger partial charge in [0.1, 0.15) is 25.4 Å². The average Bonchev–Trinajstić information content (AvgIpc) is 2.53. The Bertz CT molecular complexity index is 767. The number of ether oxygens (including phenoxy) is 1. The summed E-state index contributed by atoms with van der Waals surface area (Å²) in [5.74, 6) is 2.96. The molecule has 0 aliphatic carbocycles. The molecule has 2 amide bonds. The van der Waals surface area contributed by atoms with Gasteiger partial charge < -0.3 is 9.64 Å². The molecule has 2 rings (SSSR count). The molecule has 1 aliphatic rings. The van der Waals surface area contributed by atoms with Gasteiger partial charge in [-0.25, -0.2) is 9.78 Å². The maximum Gasteiger partial charge on any atom is 0.411 e. The van der Waals surface area contributed by atoms with Gasteiger partial charge in [-0.2, -0.15) is 0 Å². The van der Waals surface area contributed by atoms with Crippen LogP contribution in [0, 0.1) is 11.5 Å². The molecule has 0 unspecified atom stereocenters. The van der Waals surface area contributed by atoms with Gasteiger partial charge in [-0.3, -0.25) is 9.69 Å². The highest BCUT2D eigenvalue weighted by Gasteiger charge is 2.37. The lowest BCUT2D eigenvalue weighted by Crippen LogP contribution is -2.58. The van der Waals surface area contributed by atoms with Crippen molar-refractivity contribution in [3.05, 3.63) is 24.0 Å². The topological polar surface area (TPSA) is 62.7 Å². The van der Waals surface area contributed by atoms with E-state index in [9.17, 15) is 9.59 Å². The molecule has 0 aromatic carbocycles. The second kappa shape index (κ2) is 7.73. The molecule has 1 aromatic rings. The van der Waals surface area contributed by atoms with E-state index in [1.807, 2.05) is 32.9 Å². The highest BCUT2D eigenvalue weighted by molar-refractivity contribution is 6.83. The van der Waals surface area contributed by atoms with Crippen molar-refractivity contribution in [3.63, 3.8) is 0 Å². The Balaban J connectivity index is 2.10. The molecule has 0 spiro atoms. The maximum absolute atomic E-state index is 12.8. The van der Waals surface area contributed by atoms with Gasteiger partial charge in [0, 0.05) is 13.1 Å². The minimum atomic E-state index is -1.46. The van der Waals surface area contributed by atoms with Crippen LogP contribution in [0.2, 0.25) is 19.6 Å². The van der Waals surface area contributed by atoms with Gasteiger partial charge in [0.15, 0.2) is 0 Å². The van der Waals surface area contributed by atoms with Gasteiger partial charge in [-0.05, 0) is 39.8 Å². The molecular weight excluding hydrogens is 358 g/mol. The van der Waals surface area contributed by atoms with Gasteiger partial charge in [0.05, 0.1) is 11.9 Å². The standard InChI is InChI=1S/C20H29N3O3Si/c1-15-18(24)23(12-11-22(15)19(25)26-20(2,3)4)17-9-8-16(21-14-17)10-13-27(5,6)7/h8-9,14-15H,11-12H2,1-7H3/t15-/m1/s1. The first kappa shape index (κ1) is 21.0. The quantitative estimate of drug-likeness (QED) is 0.548. The van der Waals surface area contributed by atoms with E-state index in [0.717, 1.165) is 0 Å². The fraction of sp³-hybridized carbons (Fsp3) is 0.550. The number of hydrogen-bond acceptors (Lipinski definition) is 4. The lowest BCUT2D eigenvalue weighted by atomic mass is 10.1. The van der Waals surface area contributed by atoms with E-state index in [-0.39, 0.29) is 5.91 Å². The molecule has 146 valence electrons. The van der Waals surface area contributed by atoms with Crippen molar-refractivity contribution >= 4 is 25.8 Å². The van der Waals surface area contributed by atoms with Crippen molar-refractivity contribution in [1.82, 2.24) is 9.88 Å². The summed E-state index contributed by atoms with van der Waals surface area (Å²) in [6.45, 7) is 14.5. The monoisotopic (exact) mass is 387 g/mol. The van der Waals surface area contributed by atoms with Crippen LogP contribution in [0.5, 0.6) is 0 Å². The van der Waals surface area contributed by atoms with E-state index in [1.54, 1.807) is 18.0 Å². The SMILES string of the molecule is C[C@@H]1C(=O)N(c2ccc(C#C[Si](C)(C)C)nc2)CCN1C(=O)OC(C)(C)C. The maximum atomic E-state index is 12.8. The number of anilines is 1. The zero-order chi connectivity index (χ0) is 20.4. The minimum absolute atomic E-state index is 0.144. The van der Waals surface area contributed by atoms with Crippen molar-refractivity contribution in [3.8, 4) is 11.5 Å². The van der Waals surface area contributed by atoms with E-state index >= 15 is 0 Å². The summed E-state index contributed by atoms with van der Waals surface area (Å²) < 4.78 is 5.40. The van der Waals surface area contributed by atoms with Gasteiger partial charge in [0.25, 0.3) is 0 Å². The predicted octanol–water partition coefficient (Wildman–Crippen LogP) is 3.28. The number of amides is 2.